The quantitative estimate of drug-likeness (QED) is 0.216. The molecule has 8 atom stereocenters. The maximum atomic E-state index is 13.8. The van der Waals surface area contributed by atoms with Crippen molar-refractivity contribution in [1.29, 1.82) is 0 Å². The number of aliphatic carboxylic acids is 1. The van der Waals surface area contributed by atoms with Crippen molar-refractivity contribution in [3.63, 3.8) is 0 Å². The zero-order valence-corrected chi connectivity index (χ0v) is 30.5. The van der Waals surface area contributed by atoms with Gasteiger partial charge in [-0.1, -0.05) is 67.9 Å². The molecule has 0 aromatic carbocycles. The molecule has 0 saturated heterocycles. The lowest BCUT2D eigenvalue weighted by molar-refractivity contribution is -0.214. The molecule has 0 radical (unpaired) electrons. The van der Waals surface area contributed by atoms with Crippen molar-refractivity contribution in [1.82, 2.24) is 5.32 Å². The third-order valence-electron chi connectivity index (χ3n) is 14.6. The Labute approximate surface area is 277 Å². The number of carboxylic acid groups (broad SMARTS) is 1. The molecule has 0 spiro atoms. The fourth-order valence-corrected chi connectivity index (χ4v) is 11.8. The number of hydrogen-bond acceptors (Lipinski definition) is 5. The molecule has 46 heavy (non-hydrogen) atoms. The average molecular weight is 640 g/mol. The van der Waals surface area contributed by atoms with E-state index in [1.165, 1.54) is 11.1 Å². The molecule has 7 nitrogen and oxygen atoms in total. The van der Waals surface area contributed by atoms with Crippen LogP contribution >= 0.6 is 0 Å². The number of hydrogen-bond donors (Lipinski definition) is 2. The molecule has 5 aliphatic rings. The average Bonchev–Trinajstić information content (AvgIpc) is 3.22. The van der Waals surface area contributed by atoms with Gasteiger partial charge in [-0.05, 0) is 105 Å². The molecule has 0 aromatic heterocycles. The van der Waals surface area contributed by atoms with E-state index < -0.39 is 22.9 Å². The number of esters is 1. The molecule has 0 heterocycles. The maximum Gasteiger partial charge on any atom is 0.309 e. The van der Waals surface area contributed by atoms with Gasteiger partial charge in [0.05, 0.1) is 17.4 Å². The molecule has 4 fully saturated rings. The summed E-state index contributed by atoms with van der Waals surface area (Å²) in [5, 5.41) is 13.0. The van der Waals surface area contributed by atoms with Crippen LogP contribution in [-0.4, -0.2) is 40.4 Å². The molecular formula is C39H61NO6. The van der Waals surface area contributed by atoms with Crippen LogP contribution in [-0.2, 0) is 23.9 Å². The molecule has 7 heteroatoms. The van der Waals surface area contributed by atoms with Gasteiger partial charge in [0.1, 0.15) is 11.9 Å². The summed E-state index contributed by atoms with van der Waals surface area (Å²) in [5.74, 6) is -0.298. The van der Waals surface area contributed by atoms with Crippen LogP contribution in [0.3, 0.4) is 0 Å². The van der Waals surface area contributed by atoms with Crippen molar-refractivity contribution in [2.75, 3.05) is 0 Å². The zero-order valence-electron chi connectivity index (χ0n) is 30.5. The summed E-state index contributed by atoms with van der Waals surface area (Å²) in [6, 6.07) is 0. The van der Waals surface area contributed by atoms with Crippen LogP contribution in [0.25, 0.3) is 0 Å². The van der Waals surface area contributed by atoms with Crippen molar-refractivity contribution in [2.24, 2.45) is 56.7 Å². The van der Waals surface area contributed by atoms with Gasteiger partial charge >= 0.3 is 11.9 Å². The summed E-state index contributed by atoms with van der Waals surface area (Å²) in [6.45, 7) is 23.4. The van der Waals surface area contributed by atoms with Crippen molar-refractivity contribution in [3.05, 3.63) is 11.1 Å². The van der Waals surface area contributed by atoms with Crippen LogP contribution < -0.4 is 5.32 Å². The largest absolute Gasteiger partial charge is 0.481 e. The normalized spacial score (nSPS) is 40.2. The summed E-state index contributed by atoms with van der Waals surface area (Å²) in [6.07, 6.45) is 7.75. The Kier molecular flexibility index (Phi) is 8.54. The Bertz CT molecular complexity index is 1340. The van der Waals surface area contributed by atoms with Gasteiger partial charge in [-0.3, -0.25) is 19.2 Å². The highest BCUT2D eigenvalue weighted by molar-refractivity contribution is 5.93. The summed E-state index contributed by atoms with van der Waals surface area (Å²) in [5.41, 5.74) is 0.853. The summed E-state index contributed by atoms with van der Waals surface area (Å²) < 4.78 is 6.13. The molecule has 0 aliphatic heterocycles. The molecule has 1 amide bonds. The summed E-state index contributed by atoms with van der Waals surface area (Å²) in [7, 11) is 0. The summed E-state index contributed by atoms with van der Waals surface area (Å²) >= 11 is 0. The first-order valence-electron chi connectivity index (χ1n) is 18.1. The van der Waals surface area contributed by atoms with Gasteiger partial charge < -0.3 is 15.2 Å². The van der Waals surface area contributed by atoms with E-state index in [0.717, 1.165) is 51.4 Å². The third-order valence-corrected chi connectivity index (χ3v) is 14.6. The number of amides is 1. The molecule has 0 bridgehead atoms. The standard InChI is InChI=1S/C39H61NO6/c1-22(2)30-25(41)20-39(40-32(43)23(3)4)19-18-37(10)24(31(30)39)12-13-27-36(9)16-15-28(46-29(42)21-34(5,6)33(44)45)35(7,8)26(36)14-17-38(27,37)11/h22-23,26-28,30H,12-21H2,1-11H3,(H,40,43)(H,44,45)/t26?,27?,28-,30?,36-,37+,38+,39+/m0/s1. The maximum absolute atomic E-state index is 13.8. The number of Topliss-reactive ketones (excluding diaryl/α,β-unsaturated/α-hetero) is 1. The minimum Gasteiger partial charge on any atom is -0.481 e. The molecular weight excluding hydrogens is 578 g/mol. The number of ketones is 1. The first-order chi connectivity index (χ1) is 21.1. The van der Waals surface area contributed by atoms with E-state index in [0.29, 0.717) is 18.3 Å². The van der Waals surface area contributed by atoms with E-state index >= 15 is 0 Å². The Hall–Kier alpha value is -2.18. The van der Waals surface area contributed by atoms with Gasteiger partial charge in [-0.2, -0.15) is 0 Å². The molecule has 4 saturated carbocycles. The van der Waals surface area contributed by atoms with Crippen LogP contribution in [0, 0.1) is 56.7 Å². The second kappa shape index (κ2) is 11.2. The number of carbonyl (C=O) groups excluding carboxylic acids is 3. The minimum atomic E-state index is -1.16. The smallest absolute Gasteiger partial charge is 0.309 e. The van der Waals surface area contributed by atoms with Crippen LogP contribution in [0.5, 0.6) is 0 Å². The van der Waals surface area contributed by atoms with E-state index in [1.807, 2.05) is 13.8 Å². The SMILES string of the molecule is CC(C)C(=O)N[C@@]12CC[C@]3(C)C(=C1C(C(C)C)C(=O)C2)CCC1[C@@]2(C)CC[C@H](OC(=O)CC(C)(C)C(=O)O)C(C)(C)C2CC[C@]13C. The highest BCUT2D eigenvalue weighted by Gasteiger charge is 2.69. The summed E-state index contributed by atoms with van der Waals surface area (Å²) in [4.78, 5) is 51.7. The van der Waals surface area contributed by atoms with E-state index in [4.69, 9.17) is 4.74 Å². The number of fused-ring (bicyclic) bond motifs is 6. The molecule has 0 aromatic rings. The predicted octanol–water partition coefficient (Wildman–Crippen LogP) is 7.90. The second-order valence-electron chi connectivity index (χ2n) is 18.6. The molecule has 258 valence electrons. The number of ether oxygens (including phenoxy) is 1. The minimum absolute atomic E-state index is 0.0399. The Balaban J connectivity index is 1.49. The Morgan fingerprint density at radius 3 is 2.17 bits per heavy atom. The van der Waals surface area contributed by atoms with Crippen molar-refractivity contribution in [3.8, 4) is 0 Å². The van der Waals surface area contributed by atoms with Crippen LogP contribution in [0.1, 0.15) is 140 Å². The molecule has 2 N–H and O–H groups in total. The van der Waals surface area contributed by atoms with E-state index in [-0.39, 0.29) is 63.6 Å². The zero-order chi connectivity index (χ0) is 34.4. The molecule has 5 aliphatic carbocycles. The lowest BCUT2D eigenvalue weighted by Gasteiger charge is -2.70. The van der Waals surface area contributed by atoms with Crippen molar-refractivity contribution >= 4 is 23.6 Å². The van der Waals surface area contributed by atoms with Gasteiger partial charge in [0.2, 0.25) is 5.91 Å². The second-order valence-corrected chi connectivity index (χ2v) is 18.6. The van der Waals surface area contributed by atoms with E-state index in [1.54, 1.807) is 13.8 Å². The monoisotopic (exact) mass is 639 g/mol. The lowest BCUT2D eigenvalue weighted by Crippen LogP contribution is -2.65. The van der Waals surface area contributed by atoms with Crippen molar-refractivity contribution in [2.45, 2.75) is 152 Å². The van der Waals surface area contributed by atoms with Crippen molar-refractivity contribution < 1.29 is 29.0 Å². The number of nitrogens with one attached hydrogen (secondary N) is 1. The number of carboxylic acids is 1. The fourth-order valence-electron chi connectivity index (χ4n) is 11.8. The van der Waals surface area contributed by atoms with Gasteiger partial charge in [0, 0.05) is 23.7 Å². The van der Waals surface area contributed by atoms with Gasteiger partial charge in [0.25, 0.3) is 0 Å². The van der Waals surface area contributed by atoms with Crippen LogP contribution in [0.2, 0.25) is 0 Å². The van der Waals surface area contributed by atoms with E-state index in [9.17, 15) is 24.3 Å². The van der Waals surface area contributed by atoms with Crippen LogP contribution in [0.4, 0.5) is 0 Å². The molecule has 3 unspecified atom stereocenters. The predicted molar refractivity (Wildman–Crippen MR) is 179 cm³/mol. The number of allylic oxidation sites excluding steroid dienone is 1. The highest BCUT2D eigenvalue weighted by atomic mass is 16.5. The topological polar surface area (TPSA) is 110 Å². The first kappa shape index (κ1) is 35.1. The van der Waals surface area contributed by atoms with E-state index in [2.05, 4.69) is 53.8 Å². The number of carbonyl (C=O) groups is 4. The highest BCUT2D eigenvalue weighted by Crippen LogP contribution is 2.75. The van der Waals surface area contributed by atoms with Gasteiger partial charge in [0.15, 0.2) is 0 Å². The Morgan fingerprint density at radius 2 is 1.59 bits per heavy atom. The first-order valence-corrected chi connectivity index (χ1v) is 18.1. The Morgan fingerprint density at radius 1 is 0.935 bits per heavy atom. The van der Waals surface area contributed by atoms with Gasteiger partial charge in [-0.15, -0.1) is 0 Å². The number of rotatable bonds is 7. The van der Waals surface area contributed by atoms with Gasteiger partial charge in [-0.25, -0.2) is 0 Å². The molecule has 5 rings (SSSR count). The lowest BCUT2D eigenvalue weighted by atomic mass is 9.34. The fraction of sp³-hybridized carbons (Fsp3) is 0.846. The third kappa shape index (κ3) is 5.02. The van der Waals surface area contributed by atoms with Crippen LogP contribution in [0.15, 0.2) is 11.1 Å².